The normalized spacial score (nSPS) is 10.9. The summed E-state index contributed by atoms with van der Waals surface area (Å²) in [5.41, 5.74) is 0.817. The third-order valence-corrected chi connectivity index (χ3v) is 3.93. The van der Waals surface area contributed by atoms with Gasteiger partial charge in [-0.1, -0.05) is 11.8 Å². The Kier molecular flexibility index (Phi) is 3.87. The van der Waals surface area contributed by atoms with Crippen molar-refractivity contribution < 1.29 is 5.11 Å². The van der Waals surface area contributed by atoms with Crippen LogP contribution in [0.5, 0.6) is 5.75 Å². The minimum absolute atomic E-state index is 0.218. The molecule has 21 heavy (non-hydrogen) atoms. The summed E-state index contributed by atoms with van der Waals surface area (Å²) < 4.78 is 3.66. The first-order valence-corrected chi connectivity index (χ1v) is 7.39. The van der Waals surface area contributed by atoms with Gasteiger partial charge in [-0.25, -0.2) is 4.98 Å². The predicted molar refractivity (Wildman–Crippen MR) is 78.5 cm³/mol. The van der Waals surface area contributed by atoms with Crippen molar-refractivity contribution in [3.8, 4) is 11.4 Å². The Bertz CT molecular complexity index is 720. The Morgan fingerprint density at radius 1 is 1.24 bits per heavy atom. The summed E-state index contributed by atoms with van der Waals surface area (Å²) in [6.45, 7) is 0. The number of aromatic hydroxyl groups is 1. The van der Waals surface area contributed by atoms with Crippen molar-refractivity contribution in [2.75, 3.05) is 5.75 Å². The topological polar surface area (TPSA) is 81.7 Å². The van der Waals surface area contributed by atoms with Crippen molar-refractivity contribution in [2.45, 2.75) is 11.6 Å². The van der Waals surface area contributed by atoms with Gasteiger partial charge in [-0.2, -0.15) is 4.68 Å². The van der Waals surface area contributed by atoms with E-state index in [0.29, 0.717) is 0 Å². The van der Waals surface area contributed by atoms with E-state index in [1.54, 1.807) is 46.9 Å². The first kappa shape index (κ1) is 13.6. The van der Waals surface area contributed by atoms with Crippen LogP contribution in [0.4, 0.5) is 0 Å². The molecule has 108 valence electrons. The molecule has 0 aliphatic rings. The van der Waals surface area contributed by atoms with Crippen molar-refractivity contribution >= 4 is 11.8 Å². The average molecular weight is 302 g/mol. The van der Waals surface area contributed by atoms with Crippen LogP contribution < -0.4 is 0 Å². The van der Waals surface area contributed by atoms with Crippen LogP contribution in [0.15, 0.2) is 41.8 Å². The molecule has 8 heteroatoms. The van der Waals surface area contributed by atoms with Crippen LogP contribution >= 0.6 is 11.8 Å². The van der Waals surface area contributed by atoms with Crippen molar-refractivity contribution in [1.29, 1.82) is 0 Å². The number of phenols is 1. The summed E-state index contributed by atoms with van der Waals surface area (Å²) in [7, 11) is 1.98. The fourth-order valence-electron chi connectivity index (χ4n) is 1.90. The van der Waals surface area contributed by atoms with Crippen LogP contribution in [-0.2, 0) is 13.5 Å². The quantitative estimate of drug-likeness (QED) is 0.718. The van der Waals surface area contributed by atoms with Gasteiger partial charge in [0, 0.05) is 31.6 Å². The molecular weight excluding hydrogens is 288 g/mol. The van der Waals surface area contributed by atoms with Gasteiger partial charge < -0.3 is 9.67 Å². The van der Waals surface area contributed by atoms with Crippen molar-refractivity contribution in [3.05, 3.63) is 42.5 Å². The number of aryl methyl sites for hydroxylation is 2. The van der Waals surface area contributed by atoms with Crippen LogP contribution in [0.2, 0.25) is 0 Å². The second-order valence-electron chi connectivity index (χ2n) is 4.44. The molecule has 0 amide bonds. The summed E-state index contributed by atoms with van der Waals surface area (Å²) in [6, 6.07) is 6.77. The number of aromatic nitrogens is 6. The fraction of sp³-hybridized carbons (Fsp3) is 0.231. The highest BCUT2D eigenvalue weighted by atomic mass is 32.2. The predicted octanol–water partition coefficient (Wildman–Crippen LogP) is 1.44. The maximum Gasteiger partial charge on any atom is 0.214 e. The summed E-state index contributed by atoms with van der Waals surface area (Å²) >= 11 is 1.57. The molecule has 0 radical (unpaired) electrons. The van der Waals surface area contributed by atoms with E-state index in [4.69, 9.17) is 0 Å². The Balaban J connectivity index is 1.68. The Morgan fingerprint density at radius 2 is 2.05 bits per heavy atom. The highest BCUT2D eigenvalue weighted by Crippen LogP contribution is 2.20. The Morgan fingerprint density at radius 3 is 2.76 bits per heavy atom. The lowest BCUT2D eigenvalue weighted by Crippen LogP contribution is -2.02. The summed E-state index contributed by atoms with van der Waals surface area (Å²) in [5, 5.41) is 21.8. The Labute approximate surface area is 125 Å². The van der Waals surface area contributed by atoms with E-state index in [9.17, 15) is 5.11 Å². The zero-order valence-electron chi connectivity index (χ0n) is 11.4. The third-order valence-electron chi connectivity index (χ3n) is 3.01. The van der Waals surface area contributed by atoms with Gasteiger partial charge in [-0.05, 0) is 34.7 Å². The van der Waals surface area contributed by atoms with Crippen LogP contribution in [0, 0.1) is 0 Å². The van der Waals surface area contributed by atoms with E-state index in [-0.39, 0.29) is 5.75 Å². The van der Waals surface area contributed by atoms with Gasteiger partial charge in [-0.15, -0.1) is 5.10 Å². The zero-order chi connectivity index (χ0) is 14.7. The number of rotatable bonds is 5. The van der Waals surface area contributed by atoms with Gasteiger partial charge in [0.1, 0.15) is 11.6 Å². The summed E-state index contributed by atoms with van der Waals surface area (Å²) in [5.74, 6) is 2.09. The molecule has 0 bridgehead atoms. The molecule has 0 aliphatic heterocycles. The summed E-state index contributed by atoms with van der Waals surface area (Å²) in [6.07, 6.45) is 4.57. The molecule has 0 spiro atoms. The van der Waals surface area contributed by atoms with Crippen molar-refractivity contribution in [3.63, 3.8) is 0 Å². The van der Waals surface area contributed by atoms with E-state index in [2.05, 4.69) is 20.5 Å². The maximum absolute atomic E-state index is 9.32. The minimum Gasteiger partial charge on any atom is -0.508 e. The molecule has 0 unspecified atom stereocenters. The van der Waals surface area contributed by atoms with Crippen molar-refractivity contribution in [2.24, 2.45) is 7.05 Å². The first-order valence-electron chi connectivity index (χ1n) is 6.41. The second kappa shape index (κ2) is 5.96. The van der Waals surface area contributed by atoms with E-state index in [1.807, 2.05) is 17.8 Å². The highest BCUT2D eigenvalue weighted by Gasteiger charge is 2.09. The zero-order valence-corrected chi connectivity index (χ0v) is 12.2. The molecule has 2 aromatic heterocycles. The lowest BCUT2D eigenvalue weighted by molar-refractivity contribution is 0.475. The molecule has 3 aromatic rings. The van der Waals surface area contributed by atoms with Gasteiger partial charge in [0.05, 0.1) is 5.69 Å². The van der Waals surface area contributed by atoms with E-state index in [1.165, 1.54) is 0 Å². The number of tetrazole rings is 1. The van der Waals surface area contributed by atoms with Gasteiger partial charge in [0.25, 0.3) is 0 Å². The molecular formula is C13H14N6OS. The van der Waals surface area contributed by atoms with Gasteiger partial charge in [-0.3, -0.25) is 0 Å². The molecule has 2 heterocycles. The minimum atomic E-state index is 0.218. The number of phenolic OH excluding ortho intramolecular Hbond substituents is 1. The van der Waals surface area contributed by atoms with Crippen LogP contribution in [-0.4, -0.2) is 40.6 Å². The lowest BCUT2D eigenvalue weighted by atomic mass is 10.3. The molecule has 1 aromatic carbocycles. The van der Waals surface area contributed by atoms with Gasteiger partial charge in [0.2, 0.25) is 5.16 Å². The number of imidazole rings is 1. The summed E-state index contributed by atoms with van der Waals surface area (Å²) in [4.78, 5) is 4.29. The van der Waals surface area contributed by atoms with E-state index >= 15 is 0 Å². The van der Waals surface area contributed by atoms with Crippen LogP contribution in [0.25, 0.3) is 5.69 Å². The Hall–Kier alpha value is -2.35. The fourth-order valence-corrected chi connectivity index (χ4v) is 2.72. The smallest absolute Gasteiger partial charge is 0.214 e. The van der Waals surface area contributed by atoms with Crippen LogP contribution in [0.3, 0.4) is 0 Å². The number of nitrogens with zero attached hydrogens (tertiary/aromatic N) is 6. The number of thioether (sulfide) groups is 1. The first-order chi connectivity index (χ1) is 10.2. The second-order valence-corrected chi connectivity index (χ2v) is 5.50. The number of benzene rings is 1. The molecule has 0 saturated carbocycles. The highest BCUT2D eigenvalue weighted by molar-refractivity contribution is 7.99. The molecule has 1 N–H and O–H groups in total. The third kappa shape index (κ3) is 3.05. The molecule has 3 rings (SSSR count). The van der Waals surface area contributed by atoms with E-state index in [0.717, 1.165) is 28.8 Å². The molecule has 0 saturated heterocycles. The molecule has 0 fully saturated rings. The standard InChI is InChI=1S/C13H14N6OS/c1-18-8-7-14-12(18)6-9-21-13-15-16-17-19(13)10-2-4-11(20)5-3-10/h2-5,7-8,20H,6,9H2,1H3. The van der Waals surface area contributed by atoms with Crippen molar-refractivity contribution in [1.82, 2.24) is 29.8 Å². The SMILES string of the molecule is Cn1ccnc1CCSc1nnnn1-c1ccc(O)cc1. The number of hydrogen-bond donors (Lipinski definition) is 1. The maximum atomic E-state index is 9.32. The molecule has 0 atom stereocenters. The van der Waals surface area contributed by atoms with Gasteiger partial charge >= 0.3 is 0 Å². The lowest BCUT2D eigenvalue weighted by Gasteiger charge is -2.04. The van der Waals surface area contributed by atoms with Crippen LogP contribution in [0.1, 0.15) is 5.82 Å². The monoisotopic (exact) mass is 302 g/mol. The largest absolute Gasteiger partial charge is 0.508 e. The molecule has 7 nitrogen and oxygen atoms in total. The average Bonchev–Trinajstić information content (AvgIpc) is 3.10. The van der Waals surface area contributed by atoms with E-state index < -0.39 is 0 Å². The van der Waals surface area contributed by atoms with Gasteiger partial charge in [0.15, 0.2) is 0 Å². The number of hydrogen-bond acceptors (Lipinski definition) is 6. The molecule has 0 aliphatic carbocycles.